The van der Waals surface area contributed by atoms with E-state index in [1.807, 2.05) is 26.0 Å². The molecule has 0 bridgehead atoms. The van der Waals surface area contributed by atoms with Crippen molar-refractivity contribution in [2.24, 2.45) is 0 Å². The van der Waals surface area contributed by atoms with Crippen LogP contribution in [0.25, 0.3) is 11.0 Å². The highest BCUT2D eigenvalue weighted by Gasteiger charge is 2.14. The van der Waals surface area contributed by atoms with Crippen molar-refractivity contribution in [3.05, 3.63) is 57.3 Å². The van der Waals surface area contributed by atoms with Crippen LogP contribution in [0.2, 0.25) is 0 Å². The Morgan fingerprint density at radius 1 is 1.23 bits per heavy atom. The van der Waals surface area contributed by atoms with Crippen LogP contribution in [-0.4, -0.2) is 20.2 Å². The van der Waals surface area contributed by atoms with Gasteiger partial charge in [-0.15, -0.1) is 0 Å². The van der Waals surface area contributed by atoms with Crippen molar-refractivity contribution in [2.45, 2.75) is 26.2 Å². The van der Waals surface area contributed by atoms with Crippen LogP contribution in [0.4, 0.5) is 0 Å². The van der Waals surface area contributed by atoms with Crippen molar-refractivity contribution >= 4 is 11.0 Å². The Hall–Kier alpha value is -2.94. The third-order valence-electron chi connectivity index (χ3n) is 3.52. The van der Waals surface area contributed by atoms with Gasteiger partial charge < -0.3 is 4.98 Å². The first kappa shape index (κ1) is 14.0. The second-order valence-corrected chi connectivity index (χ2v) is 5.49. The summed E-state index contributed by atoms with van der Waals surface area (Å²) in [6, 6.07) is 9.31. The molecule has 0 unspecified atom stereocenters. The lowest BCUT2D eigenvalue weighted by Gasteiger charge is -2.04. The monoisotopic (exact) mass is 293 g/mol. The molecule has 0 radical (unpaired) electrons. The summed E-state index contributed by atoms with van der Waals surface area (Å²) in [6.07, 6.45) is 0.500. The molecule has 3 aromatic rings. The minimum atomic E-state index is -0.239. The number of fused-ring (bicyclic) bond motifs is 1. The summed E-state index contributed by atoms with van der Waals surface area (Å²) in [5, 5.41) is 15.7. The van der Waals surface area contributed by atoms with Gasteiger partial charge in [-0.05, 0) is 23.6 Å². The summed E-state index contributed by atoms with van der Waals surface area (Å²) < 4.78 is 0. The van der Waals surface area contributed by atoms with E-state index in [0.29, 0.717) is 28.8 Å². The first-order chi connectivity index (χ1) is 10.6. The van der Waals surface area contributed by atoms with E-state index < -0.39 is 0 Å². The molecule has 0 saturated carbocycles. The Kier molecular flexibility index (Phi) is 3.47. The maximum absolute atomic E-state index is 12.1. The highest BCUT2D eigenvalue weighted by Crippen LogP contribution is 2.19. The molecular formula is C16H15N5O. The van der Waals surface area contributed by atoms with Crippen LogP contribution in [-0.2, 0) is 6.42 Å². The summed E-state index contributed by atoms with van der Waals surface area (Å²) in [4.78, 5) is 19.4. The standard InChI is InChI=1S/C16H15N5O/c1-9(2)13-14-15(21-20-13)16(22)19-12(18-14)7-10-3-5-11(8-17)6-4-10/h3-6,9H,7H2,1-2H3,(H,20,21)(H,18,19,22). The molecule has 0 fully saturated rings. The number of nitriles is 1. The van der Waals surface area contributed by atoms with Crippen LogP contribution >= 0.6 is 0 Å². The van der Waals surface area contributed by atoms with E-state index in [-0.39, 0.29) is 11.5 Å². The van der Waals surface area contributed by atoms with Crippen LogP contribution in [0.1, 0.15) is 42.4 Å². The lowest BCUT2D eigenvalue weighted by atomic mass is 10.1. The maximum atomic E-state index is 12.1. The second kappa shape index (κ2) is 5.45. The third kappa shape index (κ3) is 2.49. The van der Waals surface area contributed by atoms with Gasteiger partial charge in [-0.1, -0.05) is 26.0 Å². The first-order valence-electron chi connectivity index (χ1n) is 7.04. The third-order valence-corrected chi connectivity index (χ3v) is 3.52. The lowest BCUT2D eigenvalue weighted by Crippen LogP contribution is -2.12. The van der Waals surface area contributed by atoms with Crippen LogP contribution in [0, 0.1) is 11.3 Å². The summed E-state index contributed by atoms with van der Waals surface area (Å²) in [6.45, 7) is 4.05. The fourth-order valence-corrected chi connectivity index (χ4v) is 2.35. The van der Waals surface area contributed by atoms with Crippen LogP contribution < -0.4 is 5.56 Å². The molecule has 3 rings (SSSR count). The highest BCUT2D eigenvalue weighted by atomic mass is 16.1. The largest absolute Gasteiger partial charge is 0.308 e. The van der Waals surface area contributed by atoms with Gasteiger partial charge in [0.25, 0.3) is 5.56 Å². The Labute approximate surface area is 126 Å². The molecule has 2 heterocycles. The van der Waals surface area contributed by atoms with Crippen molar-refractivity contribution in [2.75, 3.05) is 0 Å². The van der Waals surface area contributed by atoms with Crippen LogP contribution in [0.3, 0.4) is 0 Å². The van der Waals surface area contributed by atoms with Crippen LogP contribution in [0.15, 0.2) is 29.1 Å². The zero-order valence-corrected chi connectivity index (χ0v) is 12.3. The fraction of sp³-hybridized carbons (Fsp3) is 0.250. The number of benzene rings is 1. The molecule has 0 aliphatic carbocycles. The normalized spacial score (nSPS) is 11.0. The number of aromatic nitrogens is 4. The molecule has 110 valence electrons. The second-order valence-electron chi connectivity index (χ2n) is 5.49. The smallest absolute Gasteiger partial charge is 0.279 e. The van der Waals surface area contributed by atoms with E-state index in [4.69, 9.17) is 5.26 Å². The summed E-state index contributed by atoms with van der Waals surface area (Å²) in [5.74, 6) is 0.799. The summed E-state index contributed by atoms with van der Waals surface area (Å²) in [7, 11) is 0. The van der Waals surface area contributed by atoms with E-state index in [2.05, 4.69) is 26.2 Å². The van der Waals surface area contributed by atoms with Gasteiger partial charge in [-0.3, -0.25) is 9.89 Å². The molecule has 0 amide bonds. The zero-order valence-electron chi connectivity index (χ0n) is 12.3. The van der Waals surface area contributed by atoms with Gasteiger partial charge in [-0.25, -0.2) is 4.98 Å². The minimum absolute atomic E-state index is 0.210. The molecule has 2 aromatic heterocycles. The van der Waals surface area contributed by atoms with E-state index in [9.17, 15) is 4.79 Å². The molecule has 1 aromatic carbocycles. The van der Waals surface area contributed by atoms with Gasteiger partial charge in [-0.2, -0.15) is 10.4 Å². The SMILES string of the molecule is CC(C)c1[nH]nc2c(=O)[nH]c(Cc3ccc(C#N)cc3)nc12. The van der Waals surface area contributed by atoms with Gasteiger partial charge in [0.15, 0.2) is 5.52 Å². The number of hydrogen-bond acceptors (Lipinski definition) is 4. The summed E-state index contributed by atoms with van der Waals surface area (Å²) in [5.41, 5.74) is 3.18. The molecule has 2 N–H and O–H groups in total. The van der Waals surface area contributed by atoms with Gasteiger partial charge in [0, 0.05) is 6.42 Å². The minimum Gasteiger partial charge on any atom is -0.308 e. The molecule has 0 aliphatic rings. The van der Waals surface area contributed by atoms with Crippen LogP contribution in [0.5, 0.6) is 0 Å². The number of aromatic amines is 2. The number of nitrogens with zero attached hydrogens (tertiary/aromatic N) is 3. The quantitative estimate of drug-likeness (QED) is 0.773. The van der Waals surface area contributed by atoms with Gasteiger partial charge in [0.1, 0.15) is 11.3 Å². The topological polar surface area (TPSA) is 98.2 Å². The number of nitrogens with one attached hydrogen (secondary N) is 2. The number of hydrogen-bond donors (Lipinski definition) is 2. The maximum Gasteiger partial charge on any atom is 0.279 e. The van der Waals surface area contributed by atoms with Crippen molar-refractivity contribution in [3.8, 4) is 6.07 Å². The number of rotatable bonds is 3. The number of H-pyrrole nitrogens is 2. The average molecular weight is 293 g/mol. The molecule has 6 heteroatoms. The molecule has 6 nitrogen and oxygen atoms in total. The van der Waals surface area contributed by atoms with E-state index >= 15 is 0 Å². The Bertz CT molecular complexity index is 912. The predicted octanol–water partition coefficient (Wildman–Crippen LogP) is 2.23. The molecule has 0 saturated heterocycles. The fourth-order valence-electron chi connectivity index (χ4n) is 2.35. The Morgan fingerprint density at radius 3 is 2.59 bits per heavy atom. The van der Waals surface area contributed by atoms with Crippen molar-refractivity contribution in [1.29, 1.82) is 5.26 Å². The molecule has 0 atom stereocenters. The zero-order chi connectivity index (χ0) is 15.7. The molecule has 0 spiro atoms. The Balaban J connectivity index is 2.01. The highest BCUT2D eigenvalue weighted by molar-refractivity contribution is 5.76. The van der Waals surface area contributed by atoms with Crippen molar-refractivity contribution in [3.63, 3.8) is 0 Å². The van der Waals surface area contributed by atoms with E-state index in [0.717, 1.165) is 11.3 Å². The Morgan fingerprint density at radius 2 is 1.95 bits per heavy atom. The molecular weight excluding hydrogens is 278 g/mol. The average Bonchev–Trinajstić information content (AvgIpc) is 2.92. The lowest BCUT2D eigenvalue weighted by molar-refractivity contribution is 0.814. The first-order valence-corrected chi connectivity index (χ1v) is 7.04. The predicted molar refractivity (Wildman–Crippen MR) is 82.6 cm³/mol. The van der Waals surface area contributed by atoms with Crippen molar-refractivity contribution < 1.29 is 0 Å². The van der Waals surface area contributed by atoms with Gasteiger partial charge in [0.2, 0.25) is 0 Å². The van der Waals surface area contributed by atoms with E-state index in [1.54, 1.807) is 12.1 Å². The van der Waals surface area contributed by atoms with Gasteiger partial charge in [0.05, 0.1) is 17.3 Å². The van der Waals surface area contributed by atoms with Gasteiger partial charge >= 0.3 is 0 Å². The van der Waals surface area contributed by atoms with Crippen molar-refractivity contribution in [1.82, 2.24) is 20.2 Å². The molecule has 22 heavy (non-hydrogen) atoms. The summed E-state index contributed by atoms with van der Waals surface area (Å²) >= 11 is 0. The molecule has 0 aliphatic heterocycles. The van der Waals surface area contributed by atoms with E-state index in [1.165, 1.54) is 0 Å².